The summed E-state index contributed by atoms with van der Waals surface area (Å²) in [6.45, 7) is 14.0. The summed E-state index contributed by atoms with van der Waals surface area (Å²) in [5.74, 6) is -0.519. The largest absolute Gasteiger partial charge is 0.382 e. The molecule has 5 saturated heterocycles. The van der Waals surface area contributed by atoms with E-state index in [1.54, 1.807) is 4.68 Å². The third kappa shape index (κ3) is 9.18. The lowest BCUT2D eigenvalue weighted by Crippen LogP contribution is -2.28. The summed E-state index contributed by atoms with van der Waals surface area (Å²) in [6, 6.07) is 4.37. The van der Waals surface area contributed by atoms with E-state index >= 15 is 0 Å². The molecule has 4 aromatic rings. The average molecular weight is 885 g/mol. The van der Waals surface area contributed by atoms with Crippen molar-refractivity contribution in [3.63, 3.8) is 0 Å². The van der Waals surface area contributed by atoms with E-state index in [0.29, 0.717) is 22.0 Å². The number of fused-ring (bicyclic) bond motifs is 4. The second-order valence-electron chi connectivity index (χ2n) is 18.6. The normalized spacial score (nSPS) is 31.7. The summed E-state index contributed by atoms with van der Waals surface area (Å²) in [4.78, 5) is 9.17. The highest BCUT2D eigenvalue weighted by atomic mass is 35.5. The Morgan fingerprint density at radius 2 is 1.15 bits per heavy atom. The van der Waals surface area contributed by atoms with Gasteiger partial charge >= 0.3 is 0 Å². The molecule has 0 unspecified atom stereocenters. The molecule has 0 radical (unpaired) electrons. The number of pyridine rings is 2. The number of halogens is 2. The lowest BCUT2D eigenvalue weighted by atomic mass is 9.97. The molecule has 5 aliphatic heterocycles. The van der Waals surface area contributed by atoms with E-state index in [9.17, 15) is 0 Å². The van der Waals surface area contributed by atoms with Crippen LogP contribution in [0.25, 0.3) is 22.1 Å². The van der Waals surface area contributed by atoms with E-state index in [0.717, 1.165) is 60.5 Å². The van der Waals surface area contributed by atoms with Crippen LogP contribution in [0, 0.1) is 5.92 Å². The Hall–Kier alpha value is -2.66. The van der Waals surface area contributed by atoms with Gasteiger partial charge in [0.25, 0.3) is 0 Å². The van der Waals surface area contributed by atoms with Crippen LogP contribution in [0.4, 0.5) is 5.69 Å². The molecule has 7 fully saturated rings. The summed E-state index contributed by atoms with van der Waals surface area (Å²) in [7, 11) is 0. The standard InChI is InChI=1S/C21H28ClN3O3.C20H27ClN4O3.C4H8O/c1-4-15-17-18(28-21(2,3)27-17)20(26-15)25-19-14(11-23-25)13(10-16(22)24-19)9-12-7-5-6-8-12;1-4-14-16-17(28-20(2,3)27-16)19(26-14)25-18-12(10-22-25)13(9-15(21)24-18)23-11-7-5-6-8-11;1-2-4-5-3-1/h10-12,15,17-18,20H,4-9H2,1-3H3;9-11,14,16-17,19H,4-8H2,1-3H3,(H,23,24);1-4H2/t15-,17-,18-,20-;14-,16-,17-,19-;/m11./s1. The van der Waals surface area contributed by atoms with Gasteiger partial charge < -0.3 is 38.5 Å². The predicted molar refractivity (Wildman–Crippen MR) is 233 cm³/mol. The number of hydrogen-bond acceptors (Lipinski definition) is 12. The van der Waals surface area contributed by atoms with Crippen molar-refractivity contribution in [2.75, 3.05) is 18.5 Å². The van der Waals surface area contributed by atoms with Crippen molar-refractivity contribution in [1.29, 1.82) is 0 Å². The lowest BCUT2D eigenvalue weighted by Gasteiger charge is -2.24. The van der Waals surface area contributed by atoms with Crippen molar-refractivity contribution >= 4 is 51.0 Å². The third-order valence-electron chi connectivity index (χ3n) is 13.2. The summed E-state index contributed by atoms with van der Waals surface area (Å²) in [5.41, 5.74) is 3.70. The summed E-state index contributed by atoms with van der Waals surface area (Å²) in [5, 5.41) is 15.9. The SMILES string of the molecule is C1CCOC1.CC[C@H]1O[C@@H](n2ncc3c(CC4CCCC4)cc(Cl)nc32)[C@@H]2OC(C)(C)O[C@@H]21.CC[C@H]1O[C@@H](n2ncc3c(NC4CCCC4)cc(Cl)nc32)[C@@H]2OC(C)(C)O[C@@H]21. The number of rotatable bonds is 8. The molecule has 16 heteroatoms. The van der Waals surface area contributed by atoms with E-state index in [-0.39, 0.29) is 49.1 Å². The fourth-order valence-corrected chi connectivity index (χ4v) is 10.8. The Labute approximate surface area is 368 Å². The van der Waals surface area contributed by atoms with Crippen molar-refractivity contribution in [2.45, 2.75) is 192 Å². The van der Waals surface area contributed by atoms with Crippen molar-refractivity contribution in [1.82, 2.24) is 29.5 Å². The first-order valence-corrected chi connectivity index (χ1v) is 23.6. The van der Waals surface area contributed by atoms with Crippen LogP contribution in [0.2, 0.25) is 10.3 Å². The quantitative estimate of drug-likeness (QED) is 0.169. The van der Waals surface area contributed by atoms with Gasteiger partial charge in [-0.25, -0.2) is 19.3 Å². The minimum absolute atomic E-state index is 0.0202. The number of aromatic nitrogens is 6. The Bertz CT molecular complexity index is 1980. The van der Waals surface area contributed by atoms with E-state index in [1.807, 2.05) is 56.9 Å². The topological polar surface area (TPSA) is 138 Å². The van der Waals surface area contributed by atoms with E-state index in [2.05, 4.69) is 39.3 Å². The van der Waals surface area contributed by atoms with Crippen LogP contribution >= 0.6 is 23.2 Å². The van der Waals surface area contributed by atoms with Gasteiger partial charge in [-0.15, -0.1) is 0 Å². The van der Waals surface area contributed by atoms with Crippen molar-refractivity contribution in [3.05, 3.63) is 40.4 Å². The third-order valence-corrected chi connectivity index (χ3v) is 13.6. The van der Waals surface area contributed by atoms with Gasteiger partial charge in [-0.3, -0.25) is 0 Å². The first-order chi connectivity index (χ1) is 29.4. The fraction of sp³-hybridized carbons (Fsp3) is 0.733. The molecule has 61 heavy (non-hydrogen) atoms. The van der Waals surface area contributed by atoms with Crippen molar-refractivity contribution in [3.8, 4) is 0 Å². The maximum Gasteiger partial charge on any atom is 0.181 e. The Morgan fingerprint density at radius 3 is 1.67 bits per heavy atom. The smallest absolute Gasteiger partial charge is 0.181 e. The second kappa shape index (κ2) is 18.1. The fourth-order valence-electron chi connectivity index (χ4n) is 10.4. The molecular weight excluding hydrogens is 821 g/mol. The molecule has 11 rings (SSSR count). The van der Waals surface area contributed by atoms with Gasteiger partial charge in [-0.1, -0.05) is 75.6 Å². The van der Waals surface area contributed by atoms with Crippen LogP contribution in [0.5, 0.6) is 0 Å². The molecule has 0 aromatic carbocycles. The van der Waals surface area contributed by atoms with Gasteiger partial charge in [0, 0.05) is 24.6 Å². The van der Waals surface area contributed by atoms with Crippen molar-refractivity contribution in [2.24, 2.45) is 5.92 Å². The molecular formula is C45H63Cl2N7O7. The number of nitrogens with zero attached hydrogens (tertiary/aromatic N) is 6. The van der Waals surface area contributed by atoms with Gasteiger partial charge in [0.15, 0.2) is 35.3 Å². The van der Waals surface area contributed by atoms with E-state index in [4.69, 9.17) is 56.4 Å². The zero-order valence-corrected chi connectivity index (χ0v) is 38.0. The first-order valence-electron chi connectivity index (χ1n) is 22.8. The van der Waals surface area contributed by atoms with Gasteiger partial charge in [-0.05, 0) is 96.3 Å². The molecule has 8 atom stereocenters. The van der Waals surface area contributed by atoms with Crippen LogP contribution in [0.1, 0.15) is 137 Å². The Morgan fingerprint density at radius 1 is 0.656 bits per heavy atom. The monoisotopic (exact) mass is 883 g/mol. The predicted octanol–water partition coefficient (Wildman–Crippen LogP) is 9.71. The summed E-state index contributed by atoms with van der Waals surface area (Å²) < 4.78 is 45.8. The maximum absolute atomic E-state index is 6.41. The van der Waals surface area contributed by atoms with Gasteiger partial charge in [0.2, 0.25) is 0 Å². The van der Waals surface area contributed by atoms with E-state index < -0.39 is 11.6 Å². The second-order valence-corrected chi connectivity index (χ2v) is 19.4. The molecule has 14 nitrogen and oxygen atoms in total. The molecule has 2 saturated carbocycles. The number of anilines is 1. The molecule has 9 heterocycles. The van der Waals surface area contributed by atoms with E-state index in [1.165, 1.54) is 69.8 Å². The molecule has 2 aliphatic carbocycles. The van der Waals surface area contributed by atoms with Gasteiger partial charge in [0.1, 0.15) is 34.7 Å². The maximum atomic E-state index is 6.41. The van der Waals surface area contributed by atoms with Crippen LogP contribution in [0.3, 0.4) is 0 Å². The molecule has 1 N–H and O–H groups in total. The van der Waals surface area contributed by atoms with Crippen LogP contribution in [0.15, 0.2) is 24.5 Å². The van der Waals surface area contributed by atoms with Crippen LogP contribution < -0.4 is 5.32 Å². The molecule has 7 aliphatic rings. The summed E-state index contributed by atoms with van der Waals surface area (Å²) >= 11 is 12.8. The highest BCUT2D eigenvalue weighted by molar-refractivity contribution is 6.30. The van der Waals surface area contributed by atoms with Crippen molar-refractivity contribution < 1.29 is 33.2 Å². The zero-order valence-electron chi connectivity index (χ0n) is 36.5. The lowest BCUT2D eigenvalue weighted by molar-refractivity contribution is -0.198. The summed E-state index contributed by atoms with van der Waals surface area (Å²) in [6.07, 6.45) is 17.7. The minimum Gasteiger partial charge on any atom is -0.382 e. The van der Waals surface area contributed by atoms with Gasteiger partial charge in [0.05, 0.1) is 35.7 Å². The Balaban J connectivity index is 0.000000140. The molecule has 334 valence electrons. The number of nitrogens with one attached hydrogen (secondary N) is 1. The van der Waals surface area contributed by atoms with Gasteiger partial charge in [-0.2, -0.15) is 10.2 Å². The molecule has 0 bridgehead atoms. The van der Waals surface area contributed by atoms with Crippen LogP contribution in [-0.4, -0.2) is 97.0 Å². The highest BCUT2D eigenvalue weighted by Crippen LogP contribution is 2.46. The average Bonchev–Trinajstić information content (AvgIpc) is 4.06. The molecule has 0 spiro atoms. The zero-order chi connectivity index (χ0) is 42.5. The first kappa shape index (κ1) is 43.6. The highest BCUT2D eigenvalue weighted by Gasteiger charge is 2.57. The molecule has 4 aromatic heterocycles. The Kier molecular flexibility index (Phi) is 12.9. The number of ether oxygens (including phenoxy) is 7. The number of hydrogen-bond donors (Lipinski definition) is 1. The molecule has 0 amide bonds. The minimum atomic E-state index is -0.631. The van der Waals surface area contributed by atoms with Crippen LogP contribution in [-0.2, 0) is 39.6 Å².